The van der Waals surface area contributed by atoms with Gasteiger partial charge in [-0.2, -0.15) is 5.26 Å². The number of para-hydroxylation sites is 1. The third kappa shape index (κ3) is 4.05. The van der Waals surface area contributed by atoms with Crippen LogP contribution in [-0.4, -0.2) is 19.1 Å². The Labute approximate surface area is 262 Å². The van der Waals surface area contributed by atoms with Gasteiger partial charge < -0.3 is 19.7 Å². The van der Waals surface area contributed by atoms with Crippen molar-refractivity contribution in [1.82, 2.24) is 0 Å². The number of halogens is 2. The molecule has 1 unspecified atom stereocenters. The van der Waals surface area contributed by atoms with Gasteiger partial charge in [0, 0.05) is 46.4 Å². The molecule has 0 aliphatic carbocycles. The van der Waals surface area contributed by atoms with Crippen LogP contribution in [0.4, 0.5) is 11.4 Å². The van der Waals surface area contributed by atoms with E-state index in [4.69, 9.17) is 32.7 Å². The first-order valence-corrected chi connectivity index (χ1v) is 15.7. The largest absolute Gasteiger partial charge is 0.456 e. The number of hydrogen-bond donors (Lipinski definition) is 1. The number of anilines is 2. The van der Waals surface area contributed by atoms with E-state index in [-0.39, 0.29) is 5.02 Å². The van der Waals surface area contributed by atoms with Gasteiger partial charge in [-0.05, 0) is 73.4 Å². The van der Waals surface area contributed by atoms with Gasteiger partial charge in [-0.25, -0.2) is 4.79 Å². The third-order valence-electron chi connectivity index (χ3n) is 8.53. The van der Waals surface area contributed by atoms with Crippen LogP contribution in [0.25, 0.3) is 5.57 Å². The highest BCUT2D eigenvalue weighted by Crippen LogP contribution is 2.58. The molecule has 1 N–H and O–H groups in total. The molecule has 0 amide bonds. The summed E-state index contributed by atoms with van der Waals surface area (Å²) in [5.74, 6) is 0.605. The molecule has 0 radical (unpaired) electrons. The average Bonchev–Trinajstić information content (AvgIpc) is 3.57. The van der Waals surface area contributed by atoms with Crippen molar-refractivity contribution in [3.8, 4) is 17.6 Å². The second-order valence-corrected chi connectivity index (χ2v) is 12.8. The molecule has 1 fully saturated rings. The van der Waals surface area contributed by atoms with Gasteiger partial charge in [0.1, 0.15) is 17.6 Å². The van der Waals surface area contributed by atoms with E-state index in [1.165, 1.54) is 18.2 Å². The molecule has 8 rings (SSSR count). The number of rotatable bonds is 2. The van der Waals surface area contributed by atoms with E-state index in [2.05, 4.69) is 22.4 Å². The summed E-state index contributed by atoms with van der Waals surface area (Å²) in [5.41, 5.74) is 4.24. The van der Waals surface area contributed by atoms with Gasteiger partial charge in [0.05, 0.1) is 31.9 Å². The molecule has 4 aliphatic rings. The highest BCUT2D eigenvalue weighted by molar-refractivity contribution is 8.04. The van der Waals surface area contributed by atoms with E-state index in [1.807, 2.05) is 54.6 Å². The number of nitrogens with one attached hydrogen (secondary N) is 1. The molecule has 1 saturated heterocycles. The van der Waals surface area contributed by atoms with Gasteiger partial charge in [0.2, 0.25) is 0 Å². The Morgan fingerprint density at radius 3 is 2.44 bits per heavy atom. The SMILES string of the molecule is N#C/C(=C1\Nc2ccccc2S1)c1ccc2c(c1)Oc1cc(N3CCCCC3)ccc1C21OC(=O)c2cc(Cl)c(Cl)cc21. The zero-order valence-corrected chi connectivity index (χ0v) is 25.1. The van der Waals surface area contributed by atoms with Gasteiger partial charge in [-0.15, -0.1) is 0 Å². The molecule has 4 aromatic rings. The van der Waals surface area contributed by atoms with E-state index in [9.17, 15) is 10.1 Å². The quantitative estimate of drug-likeness (QED) is 0.176. The highest BCUT2D eigenvalue weighted by Gasteiger charge is 2.54. The fourth-order valence-corrected chi connectivity index (χ4v) is 7.83. The fraction of sp³-hybridized carbons (Fsp3) is 0.176. The number of benzene rings is 4. The predicted molar refractivity (Wildman–Crippen MR) is 169 cm³/mol. The smallest absolute Gasteiger partial charge is 0.340 e. The normalized spacial score (nSPS) is 20.7. The number of allylic oxidation sites excluding steroid dienone is 1. The number of nitriles is 1. The minimum Gasteiger partial charge on any atom is -0.456 e. The van der Waals surface area contributed by atoms with E-state index in [0.29, 0.717) is 49.9 Å². The van der Waals surface area contributed by atoms with Crippen LogP contribution in [-0.2, 0) is 10.3 Å². The molecule has 0 bridgehead atoms. The molecule has 43 heavy (non-hydrogen) atoms. The Morgan fingerprint density at radius 2 is 1.65 bits per heavy atom. The van der Waals surface area contributed by atoms with Crippen LogP contribution in [0.5, 0.6) is 11.5 Å². The average molecular weight is 625 g/mol. The number of esters is 1. The van der Waals surface area contributed by atoms with Crippen molar-refractivity contribution in [1.29, 1.82) is 5.26 Å². The van der Waals surface area contributed by atoms with Gasteiger partial charge in [-0.3, -0.25) is 0 Å². The molecule has 4 aromatic carbocycles. The summed E-state index contributed by atoms with van der Waals surface area (Å²) >= 11 is 14.4. The van der Waals surface area contributed by atoms with Crippen molar-refractivity contribution in [2.24, 2.45) is 0 Å². The summed E-state index contributed by atoms with van der Waals surface area (Å²) in [6.07, 6.45) is 3.50. The molecular weight excluding hydrogens is 601 g/mol. The van der Waals surface area contributed by atoms with Crippen LogP contribution < -0.4 is 15.0 Å². The minimum atomic E-state index is -1.29. The molecule has 0 saturated carbocycles. The van der Waals surface area contributed by atoms with E-state index >= 15 is 0 Å². The van der Waals surface area contributed by atoms with Crippen molar-refractivity contribution in [2.75, 3.05) is 23.3 Å². The van der Waals surface area contributed by atoms with Crippen LogP contribution in [0, 0.1) is 11.3 Å². The van der Waals surface area contributed by atoms with Gasteiger partial charge in [0.15, 0.2) is 5.60 Å². The number of nitrogens with zero attached hydrogens (tertiary/aromatic N) is 2. The van der Waals surface area contributed by atoms with Crippen molar-refractivity contribution in [3.05, 3.63) is 116 Å². The Balaban J connectivity index is 1.31. The van der Waals surface area contributed by atoms with Crippen LogP contribution >= 0.6 is 35.0 Å². The summed E-state index contributed by atoms with van der Waals surface area (Å²) < 4.78 is 13.0. The lowest BCUT2D eigenvalue weighted by Gasteiger charge is -2.38. The molecule has 1 atom stereocenters. The molecule has 212 valence electrons. The lowest BCUT2D eigenvalue weighted by atomic mass is 9.77. The number of hydrogen-bond acceptors (Lipinski definition) is 7. The molecule has 9 heteroatoms. The van der Waals surface area contributed by atoms with Crippen LogP contribution in [0.2, 0.25) is 10.0 Å². The van der Waals surface area contributed by atoms with Crippen molar-refractivity contribution in [3.63, 3.8) is 0 Å². The van der Waals surface area contributed by atoms with Crippen LogP contribution in [0.1, 0.15) is 51.9 Å². The molecular formula is C34H23Cl2N3O3S. The minimum absolute atomic E-state index is 0.283. The zero-order chi connectivity index (χ0) is 29.3. The van der Waals surface area contributed by atoms with Gasteiger partial charge >= 0.3 is 5.97 Å². The summed E-state index contributed by atoms with van der Waals surface area (Å²) in [5, 5.41) is 15.0. The topological polar surface area (TPSA) is 74.6 Å². The first-order chi connectivity index (χ1) is 21.0. The number of thioether (sulfide) groups is 1. The summed E-state index contributed by atoms with van der Waals surface area (Å²) in [6.45, 7) is 1.95. The molecule has 4 aliphatic heterocycles. The Kier molecular flexibility index (Phi) is 6.16. The van der Waals surface area contributed by atoms with E-state index in [0.717, 1.165) is 47.2 Å². The third-order valence-corrected chi connectivity index (χ3v) is 10.3. The number of piperidine rings is 1. The Morgan fingerprint density at radius 1 is 0.907 bits per heavy atom. The first kappa shape index (κ1) is 26.5. The van der Waals surface area contributed by atoms with Crippen LogP contribution in [0.3, 0.4) is 0 Å². The van der Waals surface area contributed by atoms with Crippen molar-refractivity contribution < 1.29 is 14.3 Å². The van der Waals surface area contributed by atoms with Crippen molar-refractivity contribution in [2.45, 2.75) is 29.8 Å². The van der Waals surface area contributed by atoms with Crippen molar-refractivity contribution >= 4 is 57.9 Å². The van der Waals surface area contributed by atoms with Gasteiger partial charge in [-0.1, -0.05) is 53.2 Å². The first-order valence-electron chi connectivity index (χ1n) is 14.1. The molecule has 4 heterocycles. The summed E-state index contributed by atoms with van der Waals surface area (Å²) in [6, 6.07) is 25.3. The number of ether oxygens (including phenoxy) is 2. The van der Waals surface area contributed by atoms with Crippen LogP contribution in [0.15, 0.2) is 82.7 Å². The predicted octanol–water partition coefficient (Wildman–Crippen LogP) is 8.96. The lowest BCUT2D eigenvalue weighted by molar-refractivity contribution is 0.0224. The summed E-state index contributed by atoms with van der Waals surface area (Å²) in [4.78, 5) is 16.8. The Bertz CT molecular complexity index is 1920. The number of fused-ring (bicyclic) bond motifs is 7. The number of carbonyl (C=O) groups is 1. The number of carbonyl (C=O) groups excluding carboxylic acids is 1. The second kappa shape index (κ2) is 9.99. The highest BCUT2D eigenvalue weighted by atomic mass is 35.5. The maximum absolute atomic E-state index is 13.4. The lowest BCUT2D eigenvalue weighted by Crippen LogP contribution is -2.34. The van der Waals surface area contributed by atoms with Gasteiger partial charge in [0.25, 0.3) is 0 Å². The maximum atomic E-state index is 13.4. The van der Waals surface area contributed by atoms with E-state index in [1.54, 1.807) is 12.1 Å². The Hall–Kier alpha value is -4.09. The second-order valence-electron chi connectivity index (χ2n) is 11.0. The molecule has 6 nitrogen and oxygen atoms in total. The fourth-order valence-electron chi connectivity index (χ4n) is 6.48. The standard InChI is InChI=1S/C34H23Cl2N3O3S/c35-26-16-21-25(17-27(26)36)34(42-33(21)40)23-10-8-19(22(18-37)32-38-28-6-2-3-7-31(28)43-32)14-29(23)41-30-15-20(9-11-24(30)34)39-12-4-1-5-13-39/h2-3,6-11,14-17,38H,1,4-5,12-13H2/b32-22-. The van der Waals surface area contributed by atoms with E-state index < -0.39 is 11.6 Å². The molecule has 1 spiro atoms. The molecule has 0 aromatic heterocycles. The zero-order valence-electron chi connectivity index (χ0n) is 22.7. The monoisotopic (exact) mass is 623 g/mol. The maximum Gasteiger partial charge on any atom is 0.340 e. The summed E-state index contributed by atoms with van der Waals surface area (Å²) in [7, 11) is 0.